The molecule has 7 nitrogen and oxygen atoms in total. The van der Waals surface area contributed by atoms with Crippen LogP contribution in [0.2, 0.25) is 0 Å². The smallest absolute Gasteiger partial charge is 0.135 e. The Morgan fingerprint density at radius 2 is 1.86 bits per heavy atom. The Hall–Kier alpha value is -1.99. The number of piperazine rings is 1. The molecule has 1 aromatic heterocycles. The lowest BCUT2D eigenvalue weighted by Crippen LogP contribution is -2.47. The van der Waals surface area contributed by atoms with Gasteiger partial charge >= 0.3 is 0 Å². The van der Waals surface area contributed by atoms with Gasteiger partial charge in [0.2, 0.25) is 0 Å². The van der Waals surface area contributed by atoms with E-state index in [0.29, 0.717) is 0 Å². The molecule has 1 saturated heterocycles. The highest BCUT2D eigenvalue weighted by Gasteiger charge is 2.24. The first-order chi connectivity index (χ1) is 14.3. The van der Waals surface area contributed by atoms with Gasteiger partial charge in [0, 0.05) is 64.3 Å². The molecule has 0 unspecified atom stereocenters. The maximum absolute atomic E-state index is 4.71. The largest absolute Gasteiger partial charge is 0.354 e. The van der Waals surface area contributed by atoms with E-state index in [1.807, 2.05) is 13.1 Å². The summed E-state index contributed by atoms with van der Waals surface area (Å²) in [6, 6.07) is 0. The topological polar surface area (TPSA) is 59.9 Å². The Balaban J connectivity index is 1.55. The number of fused-ring (bicyclic) bond motifs is 1. The van der Waals surface area contributed by atoms with Crippen LogP contribution < -0.4 is 10.2 Å². The highest BCUT2D eigenvalue weighted by Crippen LogP contribution is 2.24. The van der Waals surface area contributed by atoms with Crippen molar-refractivity contribution < 1.29 is 0 Å². The maximum atomic E-state index is 4.71. The SMILES string of the molecule is CCCCN1CCN(c2ncnc3c2CCN(C/C=C/NC=NCC)CC3)CC1. The van der Waals surface area contributed by atoms with Crippen molar-refractivity contribution in [3.63, 3.8) is 0 Å². The lowest BCUT2D eigenvalue weighted by atomic mass is 10.1. The van der Waals surface area contributed by atoms with Gasteiger partial charge in [-0.2, -0.15) is 0 Å². The lowest BCUT2D eigenvalue weighted by molar-refractivity contribution is 0.253. The summed E-state index contributed by atoms with van der Waals surface area (Å²) < 4.78 is 0. The molecular weight excluding hydrogens is 362 g/mol. The number of hydrogen-bond donors (Lipinski definition) is 1. The van der Waals surface area contributed by atoms with Gasteiger partial charge in [-0.25, -0.2) is 9.97 Å². The number of unbranched alkanes of at least 4 members (excludes halogenated alkanes) is 1. The van der Waals surface area contributed by atoms with Crippen molar-refractivity contribution in [1.29, 1.82) is 0 Å². The minimum absolute atomic E-state index is 0.808. The van der Waals surface area contributed by atoms with E-state index in [-0.39, 0.29) is 0 Å². The molecule has 0 aliphatic carbocycles. The molecule has 3 rings (SSSR count). The molecular formula is C22H37N7. The third-order valence-electron chi connectivity index (χ3n) is 5.78. The molecule has 0 amide bonds. The van der Waals surface area contributed by atoms with E-state index < -0.39 is 0 Å². The Bertz CT molecular complexity index is 665. The number of nitrogens with one attached hydrogen (secondary N) is 1. The van der Waals surface area contributed by atoms with Crippen LogP contribution in [-0.2, 0) is 12.8 Å². The van der Waals surface area contributed by atoms with E-state index in [2.05, 4.69) is 43.0 Å². The van der Waals surface area contributed by atoms with Gasteiger partial charge in [0.1, 0.15) is 12.1 Å². The first kappa shape index (κ1) is 21.7. The van der Waals surface area contributed by atoms with Crippen molar-refractivity contribution >= 4 is 12.2 Å². The molecule has 0 radical (unpaired) electrons. The molecule has 3 heterocycles. The average Bonchev–Trinajstić information content (AvgIpc) is 2.97. The van der Waals surface area contributed by atoms with Crippen molar-refractivity contribution in [2.45, 2.75) is 39.5 Å². The lowest BCUT2D eigenvalue weighted by Gasteiger charge is -2.36. The molecule has 2 aliphatic heterocycles. The van der Waals surface area contributed by atoms with Crippen LogP contribution in [0.5, 0.6) is 0 Å². The van der Waals surface area contributed by atoms with E-state index in [1.165, 1.54) is 36.5 Å². The number of rotatable bonds is 9. The van der Waals surface area contributed by atoms with Gasteiger partial charge in [0.05, 0.1) is 12.0 Å². The standard InChI is InChI=1S/C22H37N7/c1-3-5-10-28-14-16-29(17-15-28)22-20-7-12-27(11-6-9-24-18-23-4-2)13-8-21(20)25-19-26-22/h6,9,18-19H,3-5,7-8,10-17H2,1-2H3,(H,23,24)/b9-6+. The van der Waals surface area contributed by atoms with Gasteiger partial charge in [-0.05, 0) is 32.5 Å². The molecule has 2 aliphatic rings. The summed E-state index contributed by atoms with van der Waals surface area (Å²) in [6.07, 6.45) is 12.3. The predicted octanol–water partition coefficient (Wildman–Crippen LogP) is 1.95. The third-order valence-corrected chi connectivity index (χ3v) is 5.78. The molecule has 29 heavy (non-hydrogen) atoms. The van der Waals surface area contributed by atoms with Crippen molar-refractivity contribution in [3.8, 4) is 0 Å². The fourth-order valence-electron chi connectivity index (χ4n) is 4.03. The van der Waals surface area contributed by atoms with Crippen molar-refractivity contribution in [2.24, 2.45) is 4.99 Å². The summed E-state index contributed by atoms with van der Waals surface area (Å²) in [7, 11) is 0. The molecule has 160 valence electrons. The van der Waals surface area contributed by atoms with Crippen LogP contribution in [0.1, 0.15) is 37.9 Å². The number of aliphatic imine (C=N–C) groups is 1. The molecule has 1 aromatic rings. The van der Waals surface area contributed by atoms with Crippen LogP contribution in [0.4, 0.5) is 5.82 Å². The highest BCUT2D eigenvalue weighted by molar-refractivity contribution is 5.55. The Morgan fingerprint density at radius 3 is 2.66 bits per heavy atom. The van der Waals surface area contributed by atoms with Crippen LogP contribution in [0.15, 0.2) is 23.6 Å². The second-order valence-corrected chi connectivity index (χ2v) is 7.80. The Labute approximate surface area is 175 Å². The van der Waals surface area contributed by atoms with Gasteiger partial charge in [0.15, 0.2) is 0 Å². The number of anilines is 1. The second kappa shape index (κ2) is 11.9. The van der Waals surface area contributed by atoms with E-state index in [0.717, 1.165) is 65.2 Å². The maximum Gasteiger partial charge on any atom is 0.135 e. The summed E-state index contributed by atoms with van der Waals surface area (Å²) in [5, 5.41) is 3.10. The van der Waals surface area contributed by atoms with Crippen molar-refractivity contribution in [1.82, 2.24) is 25.1 Å². The van der Waals surface area contributed by atoms with Crippen LogP contribution in [-0.4, -0.2) is 85.0 Å². The fraction of sp³-hybridized carbons (Fsp3) is 0.682. The first-order valence-corrected chi connectivity index (χ1v) is 11.2. The highest BCUT2D eigenvalue weighted by atomic mass is 15.3. The molecule has 1 N–H and O–H groups in total. The molecule has 0 saturated carbocycles. The van der Waals surface area contributed by atoms with E-state index in [9.17, 15) is 0 Å². The van der Waals surface area contributed by atoms with Gasteiger partial charge in [-0.3, -0.25) is 14.8 Å². The zero-order valence-electron chi connectivity index (χ0n) is 18.2. The second-order valence-electron chi connectivity index (χ2n) is 7.80. The number of aromatic nitrogens is 2. The number of hydrogen-bond acceptors (Lipinski definition) is 6. The zero-order chi connectivity index (χ0) is 20.3. The molecule has 0 bridgehead atoms. The third kappa shape index (κ3) is 6.51. The van der Waals surface area contributed by atoms with Gasteiger partial charge in [0.25, 0.3) is 0 Å². The van der Waals surface area contributed by atoms with E-state index in [4.69, 9.17) is 4.98 Å². The Morgan fingerprint density at radius 1 is 1.03 bits per heavy atom. The molecule has 0 atom stereocenters. The Kier molecular flexibility index (Phi) is 8.89. The van der Waals surface area contributed by atoms with Gasteiger partial charge in [-0.1, -0.05) is 19.4 Å². The average molecular weight is 400 g/mol. The summed E-state index contributed by atoms with van der Waals surface area (Å²) >= 11 is 0. The van der Waals surface area contributed by atoms with Crippen LogP contribution in [0, 0.1) is 0 Å². The van der Waals surface area contributed by atoms with Crippen LogP contribution in [0.25, 0.3) is 0 Å². The van der Waals surface area contributed by atoms with E-state index in [1.54, 1.807) is 12.7 Å². The van der Waals surface area contributed by atoms with Gasteiger partial charge in [-0.15, -0.1) is 0 Å². The number of nitrogens with zero attached hydrogens (tertiary/aromatic N) is 6. The van der Waals surface area contributed by atoms with Gasteiger partial charge < -0.3 is 10.2 Å². The van der Waals surface area contributed by atoms with Crippen molar-refractivity contribution in [3.05, 3.63) is 29.9 Å². The molecule has 1 fully saturated rings. The van der Waals surface area contributed by atoms with Crippen LogP contribution >= 0.6 is 0 Å². The van der Waals surface area contributed by atoms with E-state index >= 15 is 0 Å². The monoisotopic (exact) mass is 399 g/mol. The first-order valence-electron chi connectivity index (χ1n) is 11.2. The normalized spacial score (nSPS) is 19.0. The summed E-state index contributed by atoms with van der Waals surface area (Å²) in [4.78, 5) is 21.1. The molecule has 7 heteroatoms. The molecule has 0 spiro atoms. The molecule has 0 aromatic carbocycles. The van der Waals surface area contributed by atoms with Crippen molar-refractivity contribution in [2.75, 3.05) is 63.8 Å². The summed E-state index contributed by atoms with van der Waals surface area (Å²) in [5.41, 5.74) is 2.61. The minimum atomic E-state index is 0.808. The van der Waals surface area contributed by atoms with Crippen LogP contribution in [0.3, 0.4) is 0 Å². The summed E-state index contributed by atoms with van der Waals surface area (Å²) in [6.45, 7) is 13.8. The quantitative estimate of drug-likeness (QED) is 0.506. The summed E-state index contributed by atoms with van der Waals surface area (Å²) in [5.74, 6) is 1.18. The fourth-order valence-corrected chi connectivity index (χ4v) is 4.03. The zero-order valence-corrected chi connectivity index (χ0v) is 18.2. The predicted molar refractivity (Wildman–Crippen MR) is 121 cm³/mol. The minimum Gasteiger partial charge on any atom is -0.354 e.